The van der Waals surface area contributed by atoms with Crippen molar-refractivity contribution in [3.63, 3.8) is 0 Å². The van der Waals surface area contributed by atoms with Crippen molar-refractivity contribution in [2.24, 2.45) is 5.92 Å². The van der Waals surface area contributed by atoms with Crippen LogP contribution in [0.2, 0.25) is 0 Å². The highest BCUT2D eigenvalue weighted by molar-refractivity contribution is 7.89. The molecular formula is C16H26N2O4S. The van der Waals surface area contributed by atoms with Crippen LogP contribution >= 0.6 is 0 Å². The lowest BCUT2D eigenvalue weighted by atomic mass is 9.79. The van der Waals surface area contributed by atoms with E-state index in [9.17, 15) is 8.42 Å². The maximum Gasteiger partial charge on any atom is 0.211 e. The van der Waals surface area contributed by atoms with Gasteiger partial charge in [0.1, 0.15) is 11.5 Å². The van der Waals surface area contributed by atoms with Gasteiger partial charge < -0.3 is 9.15 Å². The van der Waals surface area contributed by atoms with Gasteiger partial charge >= 0.3 is 0 Å². The normalized spacial score (nSPS) is 24.2. The van der Waals surface area contributed by atoms with E-state index in [1.807, 2.05) is 19.1 Å². The van der Waals surface area contributed by atoms with E-state index in [1.165, 1.54) is 0 Å². The van der Waals surface area contributed by atoms with Crippen LogP contribution in [0, 0.1) is 12.8 Å². The van der Waals surface area contributed by atoms with Gasteiger partial charge in [-0.1, -0.05) is 0 Å². The first-order chi connectivity index (χ1) is 10.9. The zero-order valence-electron chi connectivity index (χ0n) is 13.9. The first kappa shape index (κ1) is 17.0. The highest BCUT2D eigenvalue weighted by atomic mass is 32.2. The third-order valence-electron chi connectivity index (χ3n) is 4.95. The number of likely N-dealkylation sites (tertiary alicyclic amines) is 1. The number of ether oxygens (including phenoxy) is 1. The molecule has 3 rings (SSSR count). The molecule has 0 saturated carbocycles. The highest BCUT2D eigenvalue weighted by Crippen LogP contribution is 2.42. The molecule has 0 aromatic carbocycles. The summed E-state index contributed by atoms with van der Waals surface area (Å²) in [6, 6.07) is 4.01. The lowest BCUT2D eigenvalue weighted by molar-refractivity contribution is -0.138. The second-order valence-corrected chi connectivity index (χ2v) is 8.74. The molecule has 0 amide bonds. The molecule has 1 atom stereocenters. The van der Waals surface area contributed by atoms with Crippen molar-refractivity contribution >= 4 is 10.0 Å². The Labute approximate surface area is 138 Å². The minimum atomic E-state index is -3.10. The van der Waals surface area contributed by atoms with E-state index < -0.39 is 10.0 Å². The monoisotopic (exact) mass is 342 g/mol. The van der Waals surface area contributed by atoms with E-state index in [-0.39, 0.29) is 11.4 Å². The van der Waals surface area contributed by atoms with Gasteiger partial charge in [-0.05, 0) is 44.7 Å². The lowest BCUT2D eigenvalue weighted by Crippen LogP contribution is -2.64. The van der Waals surface area contributed by atoms with Crippen LogP contribution < -0.4 is 4.72 Å². The molecular weight excluding hydrogens is 316 g/mol. The van der Waals surface area contributed by atoms with E-state index in [4.69, 9.17) is 9.15 Å². The lowest BCUT2D eigenvalue weighted by Gasteiger charge is -2.50. The smallest absolute Gasteiger partial charge is 0.211 e. The Morgan fingerprint density at radius 1 is 1.39 bits per heavy atom. The van der Waals surface area contributed by atoms with Crippen molar-refractivity contribution in [3.05, 3.63) is 23.7 Å². The van der Waals surface area contributed by atoms with Gasteiger partial charge in [-0.2, -0.15) is 0 Å². The van der Waals surface area contributed by atoms with Crippen LogP contribution in [-0.2, 0) is 21.3 Å². The summed E-state index contributed by atoms with van der Waals surface area (Å²) in [6.07, 6.45) is 1.86. The molecule has 0 bridgehead atoms. The van der Waals surface area contributed by atoms with Crippen molar-refractivity contribution in [1.29, 1.82) is 0 Å². The third kappa shape index (κ3) is 3.79. The van der Waals surface area contributed by atoms with E-state index in [2.05, 4.69) is 9.62 Å². The maximum absolute atomic E-state index is 11.5. The van der Waals surface area contributed by atoms with E-state index in [1.54, 1.807) is 6.92 Å². The zero-order chi connectivity index (χ0) is 16.5. The molecule has 2 aliphatic heterocycles. The molecule has 3 heterocycles. The molecule has 7 heteroatoms. The Morgan fingerprint density at radius 3 is 2.83 bits per heavy atom. The first-order valence-corrected chi connectivity index (χ1v) is 9.97. The Balaban J connectivity index is 1.48. The molecule has 2 saturated heterocycles. The fourth-order valence-corrected chi connectivity index (χ4v) is 4.28. The van der Waals surface area contributed by atoms with Gasteiger partial charge in [0.25, 0.3) is 0 Å². The summed E-state index contributed by atoms with van der Waals surface area (Å²) in [5, 5.41) is 0. The summed E-state index contributed by atoms with van der Waals surface area (Å²) in [5.41, 5.74) is -0.0840. The van der Waals surface area contributed by atoms with Crippen LogP contribution in [0.5, 0.6) is 0 Å². The number of aryl methyl sites for hydroxylation is 1. The number of hydrogen-bond donors (Lipinski definition) is 1. The largest absolute Gasteiger partial charge is 0.465 e. The molecule has 0 radical (unpaired) electrons. The summed E-state index contributed by atoms with van der Waals surface area (Å²) in [5.74, 6) is 2.49. The third-order valence-corrected chi connectivity index (χ3v) is 6.36. The molecule has 2 aliphatic rings. The fourth-order valence-electron chi connectivity index (χ4n) is 3.65. The summed E-state index contributed by atoms with van der Waals surface area (Å²) in [4.78, 5) is 2.33. The number of nitrogens with zero attached hydrogens (tertiary/aromatic N) is 1. The Hall–Kier alpha value is -0.890. The fraction of sp³-hybridized carbons (Fsp3) is 0.750. The second-order valence-electron chi connectivity index (χ2n) is 6.64. The van der Waals surface area contributed by atoms with Crippen LogP contribution in [0.25, 0.3) is 0 Å². The average Bonchev–Trinajstić information content (AvgIpc) is 3.06. The predicted octanol–water partition coefficient (Wildman–Crippen LogP) is 1.51. The molecule has 1 aromatic rings. The molecule has 130 valence electrons. The number of nitrogens with one attached hydrogen (secondary N) is 1. The number of hydrogen-bond acceptors (Lipinski definition) is 5. The molecule has 1 spiro atoms. The number of furan rings is 1. The van der Waals surface area contributed by atoms with Gasteiger partial charge in [-0.25, -0.2) is 13.1 Å². The van der Waals surface area contributed by atoms with Crippen molar-refractivity contribution in [2.75, 3.05) is 32.0 Å². The molecule has 6 nitrogen and oxygen atoms in total. The van der Waals surface area contributed by atoms with E-state index >= 15 is 0 Å². The quantitative estimate of drug-likeness (QED) is 0.813. The van der Waals surface area contributed by atoms with Crippen LogP contribution in [0.4, 0.5) is 0 Å². The van der Waals surface area contributed by atoms with Gasteiger partial charge in [0.15, 0.2) is 0 Å². The molecule has 1 N–H and O–H groups in total. The summed E-state index contributed by atoms with van der Waals surface area (Å²) < 4.78 is 37.3. The number of sulfonamides is 1. The summed E-state index contributed by atoms with van der Waals surface area (Å²) >= 11 is 0. The predicted molar refractivity (Wildman–Crippen MR) is 87.6 cm³/mol. The van der Waals surface area contributed by atoms with Crippen molar-refractivity contribution < 1.29 is 17.6 Å². The van der Waals surface area contributed by atoms with Crippen LogP contribution in [0.15, 0.2) is 16.5 Å². The molecule has 1 aromatic heterocycles. The first-order valence-electron chi connectivity index (χ1n) is 8.31. The van der Waals surface area contributed by atoms with Crippen molar-refractivity contribution in [1.82, 2.24) is 9.62 Å². The van der Waals surface area contributed by atoms with E-state index in [0.717, 1.165) is 50.6 Å². The van der Waals surface area contributed by atoms with Crippen molar-refractivity contribution in [3.8, 4) is 0 Å². The molecule has 2 fully saturated rings. The molecule has 0 aliphatic carbocycles. The van der Waals surface area contributed by atoms with Crippen molar-refractivity contribution in [2.45, 2.75) is 38.8 Å². The zero-order valence-corrected chi connectivity index (χ0v) is 14.7. The SMILES string of the molecule is CCS(=O)(=O)NCC[C@@H]1CCOC12CN(Cc1ccc(C)o1)C2. The Bertz CT molecular complexity index is 634. The summed E-state index contributed by atoms with van der Waals surface area (Å²) in [6.45, 7) is 7.50. The maximum atomic E-state index is 11.5. The Kier molecular flexibility index (Phi) is 4.83. The standard InChI is InChI=1S/C16H26N2O4S/c1-3-23(19,20)17-8-6-14-7-9-21-16(14)11-18(12-16)10-15-5-4-13(2)22-15/h4-5,14,17H,3,6-12H2,1-2H3/t14-/m1/s1. The molecule has 0 unspecified atom stereocenters. The van der Waals surface area contributed by atoms with Crippen LogP contribution in [0.3, 0.4) is 0 Å². The van der Waals surface area contributed by atoms with Gasteiger partial charge in [-0.15, -0.1) is 0 Å². The van der Waals surface area contributed by atoms with Crippen LogP contribution in [-0.4, -0.2) is 50.9 Å². The number of rotatable bonds is 7. The minimum Gasteiger partial charge on any atom is -0.465 e. The van der Waals surface area contributed by atoms with Gasteiger partial charge in [0.2, 0.25) is 10.0 Å². The summed E-state index contributed by atoms with van der Waals surface area (Å²) in [7, 11) is -3.10. The molecule has 23 heavy (non-hydrogen) atoms. The van der Waals surface area contributed by atoms with Crippen LogP contribution in [0.1, 0.15) is 31.3 Å². The van der Waals surface area contributed by atoms with Gasteiger partial charge in [-0.3, -0.25) is 4.90 Å². The van der Waals surface area contributed by atoms with Gasteiger partial charge in [0.05, 0.1) is 17.9 Å². The Morgan fingerprint density at radius 2 is 2.17 bits per heavy atom. The van der Waals surface area contributed by atoms with E-state index in [0.29, 0.717) is 12.5 Å². The average molecular weight is 342 g/mol. The van der Waals surface area contributed by atoms with Gasteiger partial charge in [0, 0.05) is 26.2 Å². The second kappa shape index (κ2) is 6.55. The highest BCUT2D eigenvalue weighted by Gasteiger charge is 2.52. The topological polar surface area (TPSA) is 71.8 Å². The minimum absolute atomic E-state index is 0.0840.